The molecule has 1 saturated heterocycles. The Labute approximate surface area is 207 Å². The predicted octanol–water partition coefficient (Wildman–Crippen LogP) is 5.60. The first-order chi connectivity index (χ1) is 15.5. The predicted molar refractivity (Wildman–Crippen MR) is 134 cm³/mol. The molecule has 3 aliphatic rings. The molecule has 1 heterocycles. The van der Waals surface area contributed by atoms with Crippen LogP contribution < -0.4 is 5.32 Å². The van der Waals surface area contributed by atoms with Gasteiger partial charge in [-0.3, -0.25) is 9.69 Å². The fourth-order valence-corrected chi connectivity index (χ4v) is 6.05. The van der Waals surface area contributed by atoms with E-state index in [4.69, 9.17) is 4.74 Å². The van der Waals surface area contributed by atoms with Gasteiger partial charge < -0.3 is 10.1 Å². The van der Waals surface area contributed by atoms with Crippen LogP contribution in [0.3, 0.4) is 0 Å². The summed E-state index contributed by atoms with van der Waals surface area (Å²) in [5, 5.41) is 3.48. The summed E-state index contributed by atoms with van der Waals surface area (Å²) in [4.78, 5) is 16.2. The van der Waals surface area contributed by atoms with Gasteiger partial charge in [0.15, 0.2) is 0 Å². The van der Waals surface area contributed by atoms with E-state index in [0.29, 0.717) is 6.04 Å². The summed E-state index contributed by atoms with van der Waals surface area (Å²) >= 11 is 7.08. The third-order valence-corrected chi connectivity index (χ3v) is 8.59. The first kappa shape index (κ1) is 22.6. The van der Waals surface area contributed by atoms with Crippen molar-refractivity contribution in [3.05, 3.63) is 68.6 Å². The molecule has 3 fully saturated rings. The molecule has 170 valence electrons. The van der Waals surface area contributed by atoms with Crippen LogP contribution >= 0.6 is 31.9 Å². The van der Waals surface area contributed by atoms with Crippen molar-refractivity contribution in [2.45, 2.75) is 49.6 Å². The van der Waals surface area contributed by atoms with Crippen LogP contribution in [0.4, 0.5) is 0 Å². The van der Waals surface area contributed by atoms with Gasteiger partial charge in [-0.25, -0.2) is 0 Å². The second-order valence-electron chi connectivity index (χ2n) is 9.46. The van der Waals surface area contributed by atoms with Gasteiger partial charge in [0, 0.05) is 34.0 Å². The minimum atomic E-state index is -0.177. The number of hydrogen-bond donors (Lipinski definition) is 1. The molecular weight excluding hydrogens is 532 g/mol. The summed E-state index contributed by atoms with van der Waals surface area (Å²) in [6, 6.07) is 17.5. The Bertz CT molecular complexity index is 937. The monoisotopic (exact) mass is 560 g/mol. The standard InChI is InChI=1S/C26H30Br2N2O2/c27-20-5-1-18(2-6-20)24-17-22(30-13-15-32-16-14-30)9-10-23(24)25(31)29-26(11-12-26)19-3-7-21(28)8-4-19/h1-8,22-24H,9-17H2,(H,29,31)/t22-,23-,24+/m1/s1. The molecule has 0 spiro atoms. The van der Waals surface area contributed by atoms with Gasteiger partial charge in [-0.2, -0.15) is 0 Å². The summed E-state index contributed by atoms with van der Waals surface area (Å²) in [6.07, 6.45) is 5.09. The molecule has 0 bridgehead atoms. The second-order valence-corrected chi connectivity index (χ2v) is 11.3. The Morgan fingerprint density at radius 3 is 2.19 bits per heavy atom. The third kappa shape index (κ3) is 4.84. The minimum Gasteiger partial charge on any atom is -0.379 e. The van der Waals surface area contributed by atoms with Crippen LogP contribution in [0.5, 0.6) is 0 Å². The number of amides is 1. The Morgan fingerprint density at radius 1 is 0.938 bits per heavy atom. The Kier molecular flexibility index (Phi) is 6.75. The lowest BCUT2D eigenvalue weighted by Gasteiger charge is -2.42. The number of carbonyl (C=O) groups excluding carboxylic acids is 1. The van der Waals surface area contributed by atoms with Crippen molar-refractivity contribution >= 4 is 37.8 Å². The van der Waals surface area contributed by atoms with E-state index in [9.17, 15) is 4.79 Å². The number of morpholine rings is 1. The van der Waals surface area contributed by atoms with Crippen LogP contribution in [0, 0.1) is 5.92 Å². The maximum atomic E-state index is 13.7. The van der Waals surface area contributed by atoms with Gasteiger partial charge in [-0.15, -0.1) is 0 Å². The topological polar surface area (TPSA) is 41.6 Å². The molecule has 0 radical (unpaired) electrons. The molecule has 4 nitrogen and oxygen atoms in total. The van der Waals surface area contributed by atoms with Crippen molar-refractivity contribution in [2.75, 3.05) is 26.3 Å². The van der Waals surface area contributed by atoms with Gasteiger partial charge in [-0.1, -0.05) is 56.1 Å². The molecule has 2 saturated carbocycles. The molecule has 32 heavy (non-hydrogen) atoms. The molecule has 0 unspecified atom stereocenters. The summed E-state index contributed by atoms with van der Waals surface area (Å²) in [7, 11) is 0. The number of hydrogen-bond acceptors (Lipinski definition) is 3. The van der Waals surface area contributed by atoms with E-state index >= 15 is 0 Å². The van der Waals surface area contributed by atoms with E-state index < -0.39 is 0 Å². The molecule has 2 aromatic rings. The van der Waals surface area contributed by atoms with Crippen LogP contribution in [-0.2, 0) is 15.1 Å². The summed E-state index contributed by atoms with van der Waals surface area (Å²) in [6.45, 7) is 3.64. The number of halogens is 2. The first-order valence-corrected chi connectivity index (χ1v) is 13.3. The average Bonchev–Trinajstić information content (AvgIpc) is 3.60. The lowest BCUT2D eigenvalue weighted by molar-refractivity contribution is -0.128. The second kappa shape index (κ2) is 9.57. The maximum absolute atomic E-state index is 13.7. The van der Waals surface area contributed by atoms with Crippen LogP contribution in [-0.4, -0.2) is 43.2 Å². The van der Waals surface area contributed by atoms with E-state index in [1.54, 1.807) is 0 Å². The van der Waals surface area contributed by atoms with Crippen LogP contribution in [0.25, 0.3) is 0 Å². The summed E-state index contributed by atoms with van der Waals surface area (Å²) in [5.74, 6) is 0.477. The molecule has 5 rings (SSSR count). The Morgan fingerprint density at radius 2 is 1.56 bits per heavy atom. The lowest BCUT2D eigenvalue weighted by Crippen LogP contribution is -2.49. The van der Waals surface area contributed by atoms with E-state index in [1.807, 2.05) is 0 Å². The van der Waals surface area contributed by atoms with Gasteiger partial charge in [0.25, 0.3) is 0 Å². The van der Waals surface area contributed by atoms with Gasteiger partial charge in [0.1, 0.15) is 0 Å². The molecule has 1 aliphatic heterocycles. The fourth-order valence-electron chi connectivity index (χ4n) is 5.52. The first-order valence-electron chi connectivity index (χ1n) is 11.7. The summed E-state index contributed by atoms with van der Waals surface area (Å²) < 4.78 is 7.72. The average molecular weight is 562 g/mol. The number of rotatable bonds is 5. The normalized spacial score (nSPS) is 27.6. The highest BCUT2D eigenvalue weighted by atomic mass is 79.9. The van der Waals surface area contributed by atoms with E-state index in [2.05, 4.69) is 90.6 Å². The van der Waals surface area contributed by atoms with Crippen molar-refractivity contribution in [2.24, 2.45) is 5.92 Å². The zero-order chi connectivity index (χ0) is 22.1. The third-order valence-electron chi connectivity index (χ3n) is 7.53. The fraction of sp³-hybridized carbons (Fsp3) is 0.500. The molecule has 2 aromatic carbocycles. The van der Waals surface area contributed by atoms with Crippen molar-refractivity contribution in [1.82, 2.24) is 10.2 Å². The Balaban J connectivity index is 1.35. The number of nitrogens with zero attached hydrogens (tertiary/aromatic N) is 1. The van der Waals surface area contributed by atoms with Crippen LogP contribution in [0.1, 0.15) is 49.1 Å². The highest BCUT2D eigenvalue weighted by molar-refractivity contribution is 9.10. The van der Waals surface area contributed by atoms with Gasteiger partial charge >= 0.3 is 0 Å². The zero-order valence-electron chi connectivity index (χ0n) is 18.2. The molecular formula is C26H30Br2N2O2. The lowest BCUT2D eigenvalue weighted by atomic mass is 9.72. The number of nitrogens with one attached hydrogen (secondary N) is 1. The van der Waals surface area contributed by atoms with Crippen molar-refractivity contribution < 1.29 is 9.53 Å². The molecule has 0 aromatic heterocycles. The largest absolute Gasteiger partial charge is 0.379 e. The van der Waals surface area contributed by atoms with Crippen LogP contribution in [0.15, 0.2) is 57.5 Å². The van der Waals surface area contributed by atoms with Crippen LogP contribution in [0.2, 0.25) is 0 Å². The van der Waals surface area contributed by atoms with E-state index in [1.165, 1.54) is 11.1 Å². The maximum Gasteiger partial charge on any atom is 0.224 e. The van der Waals surface area contributed by atoms with E-state index in [0.717, 1.165) is 67.4 Å². The van der Waals surface area contributed by atoms with Gasteiger partial charge in [0.2, 0.25) is 5.91 Å². The number of benzene rings is 2. The highest BCUT2D eigenvalue weighted by Crippen LogP contribution is 2.47. The van der Waals surface area contributed by atoms with Gasteiger partial charge in [0.05, 0.1) is 18.8 Å². The molecule has 6 heteroatoms. The smallest absolute Gasteiger partial charge is 0.224 e. The quantitative estimate of drug-likeness (QED) is 0.516. The van der Waals surface area contributed by atoms with Crippen molar-refractivity contribution in [3.63, 3.8) is 0 Å². The van der Waals surface area contributed by atoms with E-state index in [-0.39, 0.29) is 23.3 Å². The highest BCUT2D eigenvalue weighted by Gasteiger charge is 2.48. The number of carbonyl (C=O) groups is 1. The van der Waals surface area contributed by atoms with Gasteiger partial charge in [-0.05, 0) is 73.4 Å². The molecule has 2 aliphatic carbocycles. The number of ether oxygens (including phenoxy) is 1. The SMILES string of the molecule is O=C(NC1(c2ccc(Br)cc2)CC1)[C@@H]1CC[C@@H](N2CCOCC2)C[C@H]1c1ccc(Br)cc1. The van der Waals surface area contributed by atoms with Crippen molar-refractivity contribution in [1.29, 1.82) is 0 Å². The molecule has 3 atom stereocenters. The molecule has 1 N–H and O–H groups in total. The molecule has 1 amide bonds. The zero-order valence-corrected chi connectivity index (χ0v) is 21.4. The Hall–Kier alpha value is -1.21. The minimum absolute atomic E-state index is 0.0152. The van der Waals surface area contributed by atoms with Crippen molar-refractivity contribution in [3.8, 4) is 0 Å². The summed E-state index contributed by atoms with van der Waals surface area (Å²) in [5.41, 5.74) is 2.32.